The van der Waals surface area contributed by atoms with Crippen LogP contribution in [-0.2, 0) is 4.79 Å². The van der Waals surface area contributed by atoms with Gasteiger partial charge < -0.3 is 4.74 Å². The molecule has 4 nitrogen and oxygen atoms in total. The van der Waals surface area contributed by atoms with Crippen LogP contribution in [0.25, 0.3) is 6.08 Å². The summed E-state index contributed by atoms with van der Waals surface area (Å²) in [5.41, 5.74) is 4.67. The summed E-state index contributed by atoms with van der Waals surface area (Å²) in [6, 6.07) is 23.6. The molecule has 1 fully saturated rings. The normalized spacial score (nSPS) is 16.2. The molecule has 32 heavy (non-hydrogen) atoms. The maximum atomic E-state index is 13.6. The Morgan fingerprint density at radius 2 is 1.62 bits per heavy atom. The van der Waals surface area contributed by atoms with Crippen molar-refractivity contribution in [1.29, 1.82) is 0 Å². The van der Waals surface area contributed by atoms with Crippen molar-refractivity contribution >= 4 is 40.3 Å². The van der Waals surface area contributed by atoms with Crippen molar-refractivity contribution in [3.05, 3.63) is 94.4 Å². The first-order valence-corrected chi connectivity index (χ1v) is 11.6. The van der Waals surface area contributed by atoms with Crippen molar-refractivity contribution in [2.45, 2.75) is 27.2 Å². The molecule has 3 aromatic rings. The molecule has 0 saturated carbocycles. The van der Waals surface area contributed by atoms with Gasteiger partial charge in [-0.3, -0.25) is 9.69 Å². The average molecular weight is 443 g/mol. The molecule has 1 aliphatic rings. The van der Waals surface area contributed by atoms with Crippen LogP contribution in [-0.4, -0.2) is 17.7 Å². The van der Waals surface area contributed by atoms with Crippen LogP contribution in [0.1, 0.15) is 30.0 Å². The quantitative estimate of drug-likeness (QED) is 0.390. The molecule has 0 atom stereocenters. The highest BCUT2D eigenvalue weighted by Gasteiger charge is 2.35. The number of aliphatic imine (C=N–C) groups is 1. The number of carbonyl (C=O) groups excluding carboxylic acids is 1. The second kappa shape index (κ2) is 9.88. The van der Waals surface area contributed by atoms with E-state index in [4.69, 9.17) is 9.73 Å². The number of anilines is 1. The number of aryl methyl sites for hydroxylation is 2. The highest BCUT2D eigenvalue weighted by Crippen LogP contribution is 2.39. The fourth-order valence-electron chi connectivity index (χ4n) is 3.45. The lowest BCUT2D eigenvalue weighted by atomic mass is 10.1. The average Bonchev–Trinajstić information content (AvgIpc) is 3.09. The summed E-state index contributed by atoms with van der Waals surface area (Å²) < 4.78 is 5.89. The number of amidine groups is 1. The van der Waals surface area contributed by atoms with Gasteiger partial charge in [0.15, 0.2) is 5.17 Å². The van der Waals surface area contributed by atoms with Crippen LogP contribution in [0.4, 0.5) is 11.4 Å². The predicted molar refractivity (Wildman–Crippen MR) is 135 cm³/mol. The molecule has 0 N–H and O–H groups in total. The van der Waals surface area contributed by atoms with Crippen molar-refractivity contribution in [2.75, 3.05) is 11.5 Å². The molecule has 4 rings (SSSR count). The van der Waals surface area contributed by atoms with Crippen molar-refractivity contribution < 1.29 is 9.53 Å². The lowest BCUT2D eigenvalue weighted by molar-refractivity contribution is -0.113. The van der Waals surface area contributed by atoms with Crippen molar-refractivity contribution in [1.82, 2.24) is 0 Å². The highest BCUT2D eigenvalue weighted by molar-refractivity contribution is 8.19. The Morgan fingerprint density at radius 1 is 0.938 bits per heavy atom. The Hall–Kier alpha value is -3.31. The SMILES string of the molecule is CCCOc1ccccc1/C=C1/SC(=Nc2ccccc2C)N(c2ccccc2C)C1=O. The molecule has 0 radical (unpaired) electrons. The number of rotatable bonds is 6. The summed E-state index contributed by atoms with van der Waals surface area (Å²) >= 11 is 1.39. The molecule has 0 bridgehead atoms. The summed E-state index contributed by atoms with van der Waals surface area (Å²) in [6.45, 7) is 6.74. The van der Waals surface area contributed by atoms with E-state index < -0.39 is 0 Å². The van der Waals surface area contributed by atoms with Gasteiger partial charge in [-0.1, -0.05) is 61.5 Å². The van der Waals surface area contributed by atoms with E-state index in [1.807, 2.05) is 92.7 Å². The summed E-state index contributed by atoms with van der Waals surface area (Å²) in [4.78, 5) is 20.8. The van der Waals surface area contributed by atoms with Gasteiger partial charge in [-0.05, 0) is 67.4 Å². The van der Waals surface area contributed by atoms with E-state index >= 15 is 0 Å². The summed E-state index contributed by atoms with van der Waals surface area (Å²) in [6.07, 6.45) is 2.83. The van der Waals surface area contributed by atoms with Gasteiger partial charge in [0.25, 0.3) is 5.91 Å². The lowest BCUT2D eigenvalue weighted by Crippen LogP contribution is -2.29. The van der Waals surface area contributed by atoms with E-state index in [0.717, 1.165) is 40.2 Å². The Bertz CT molecular complexity index is 1200. The van der Waals surface area contributed by atoms with Gasteiger partial charge in [-0.15, -0.1) is 0 Å². The number of nitrogens with zero attached hydrogens (tertiary/aromatic N) is 2. The standard InChI is InChI=1S/C27H26N2O2S/c1-4-17-31-24-16-10-7-13-21(24)18-25-26(30)29(23-15-9-6-12-20(23)3)27(32-25)28-22-14-8-5-11-19(22)2/h5-16,18H,4,17H2,1-3H3/b25-18+,28-27?. The Kier molecular flexibility index (Phi) is 6.76. The molecule has 0 spiro atoms. The van der Waals surface area contributed by atoms with Gasteiger partial charge in [0, 0.05) is 5.56 Å². The largest absolute Gasteiger partial charge is 0.493 e. The monoisotopic (exact) mass is 442 g/mol. The Morgan fingerprint density at radius 3 is 2.38 bits per heavy atom. The Labute approximate surface area is 193 Å². The first kappa shape index (κ1) is 21.9. The maximum Gasteiger partial charge on any atom is 0.271 e. The molecule has 162 valence electrons. The number of thioether (sulfide) groups is 1. The number of amides is 1. The van der Waals surface area contributed by atoms with Gasteiger partial charge >= 0.3 is 0 Å². The lowest BCUT2D eigenvalue weighted by Gasteiger charge is -2.18. The predicted octanol–water partition coefficient (Wildman–Crippen LogP) is 6.90. The van der Waals surface area contributed by atoms with Crippen molar-refractivity contribution in [3.63, 3.8) is 0 Å². The second-order valence-corrected chi connectivity index (χ2v) is 8.61. The second-order valence-electron chi connectivity index (χ2n) is 7.60. The minimum atomic E-state index is -0.0815. The van der Waals surface area contributed by atoms with E-state index in [1.165, 1.54) is 11.8 Å². The van der Waals surface area contributed by atoms with Crippen LogP contribution in [0.5, 0.6) is 5.75 Å². The first-order chi connectivity index (χ1) is 15.6. The molecule has 0 aliphatic carbocycles. The minimum Gasteiger partial charge on any atom is -0.493 e. The molecular weight excluding hydrogens is 416 g/mol. The molecule has 0 aromatic heterocycles. The number of benzene rings is 3. The summed E-state index contributed by atoms with van der Waals surface area (Å²) in [5, 5.41) is 0.650. The molecule has 1 amide bonds. The topological polar surface area (TPSA) is 41.9 Å². The van der Waals surface area contributed by atoms with E-state index in [0.29, 0.717) is 16.7 Å². The zero-order chi connectivity index (χ0) is 22.5. The van der Waals surface area contributed by atoms with E-state index in [1.54, 1.807) is 4.90 Å². The van der Waals surface area contributed by atoms with Crippen LogP contribution in [0.2, 0.25) is 0 Å². The van der Waals surface area contributed by atoms with E-state index in [2.05, 4.69) is 6.92 Å². The van der Waals surface area contributed by atoms with Crippen LogP contribution >= 0.6 is 11.8 Å². The van der Waals surface area contributed by atoms with E-state index in [9.17, 15) is 4.79 Å². The van der Waals surface area contributed by atoms with Gasteiger partial charge in [0.2, 0.25) is 0 Å². The number of para-hydroxylation sites is 3. The fraction of sp³-hybridized carbons (Fsp3) is 0.185. The molecular formula is C27H26N2O2S. The molecule has 5 heteroatoms. The zero-order valence-corrected chi connectivity index (χ0v) is 19.4. The highest BCUT2D eigenvalue weighted by atomic mass is 32.2. The van der Waals surface area contributed by atoms with Crippen LogP contribution in [0.3, 0.4) is 0 Å². The smallest absolute Gasteiger partial charge is 0.271 e. The van der Waals surface area contributed by atoms with Gasteiger partial charge in [-0.2, -0.15) is 0 Å². The fourth-order valence-corrected chi connectivity index (χ4v) is 4.43. The third-order valence-corrected chi connectivity index (χ3v) is 6.13. The zero-order valence-electron chi connectivity index (χ0n) is 18.5. The molecule has 1 heterocycles. The van der Waals surface area contributed by atoms with Gasteiger partial charge in [-0.25, -0.2) is 4.99 Å². The molecule has 1 aliphatic heterocycles. The van der Waals surface area contributed by atoms with Gasteiger partial charge in [0.05, 0.1) is 22.9 Å². The van der Waals surface area contributed by atoms with Crippen LogP contribution in [0, 0.1) is 13.8 Å². The number of carbonyl (C=O) groups is 1. The number of ether oxygens (including phenoxy) is 1. The molecule has 1 saturated heterocycles. The first-order valence-electron chi connectivity index (χ1n) is 10.7. The summed E-state index contributed by atoms with van der Waals surface area (Å²) in [5.74, 6) is 0.698. The third kappa shape index (κ3) is 4.63. The van der Waals surface area contributed by atoms with Crippen molar-refractivity contribution in [2.24, 2.45) is 4.99 Å². The van der Waals surface area contributed by atoms with Crippen LogP contribution < -0.4 is 9.64 Å². The van der Waals surface area contributed by atoms with Crippen LogP contribution in [0.15, 0.2) is 82.7 Å². The van der Waals surface area contributed by atoms with E-state index in [-0.39, 0.29) is 5.91 Å². The number of hydrogen-bond donors (Lipinski definition) is 0. The maximum absolute atomic E-state index is 13.6. The third-order valence-electron chi connectivity index (χ3n) is 5.16. The Balaban J connectivity index is 1.79. The van der Waals surface area contributed by atoms with Crippen molar-refractivity contribution in [3.8, 4) is 5.75 Å². The van der Waals surface area contributed by atoms with Gasteiger partial charge in [0.1, 0.15) is 5.75 Å². The minimum absolute atomic E-state index is 0.0815. The summed E-state index contributed by atoms with van der Waals surface area (Å²) in [7, 11) is 0. The molecule has 0 unspecified atom stereocenters. The number of hydrogen-bond acceptors (Lipinski definition) is 4. The molecule has 3 aromatic carbocycles.